The van der Waals surface area contributed by atoms with Crippen molar-refractivity contribution < 1.29 is 4.74 Å². The number of methoxy groups -OCH3 is 1. The van der Waals surface area contributed by atoms with Gasteiger partial charge in [0.1, 0.15) is 5.75 Å². The first-order valence-electron chi connectivity index (χ1n) is 5.71. The maximum Gasteiger partial charge on any atom is 0.205 e. The number of aromatic nitrogens is 5. The van der Waals surface area contributed by atoms with Crippen LogP contribution in [0.4, 0.5) is 0 Å². The molecule has 0 spiro atoms. The van der Waals surface area contributed by atoms with E-state index < -0.39 is 0 Å². The lowest BCUT2D eigenvalue weighted by atomic mass is 10.3. The van der Waals surface area contributed by atoms with E-state index >= 15 is 0 Å². The Labute approximate surface area is 109 Å². The molecule has 3 aromatic rings. The maximum absolute atomic E-state index is 5.11. The molecule has 0 aliphatic heterocycles. The molecule has 0 radical (unpaired) electrons. The smallest absolute Gasteiger partial charge is 0.205 e. The summed E-state index contributed by atoms with van der Waals surface area (Å²) in [5, 5.41) is 12.4. The van der Waals surface area contributed by atoms with Crippen molar-refractivity contribution in [3.8, 4) is 22.8 Å². The van der Waals surface area contributed by atoms with Crippen LogP contribution < -0.4 is 4.74 Å². The molecule has 0 fully saturated rings. The van der Waals surface area contributed by atoms with Crippen LogP contribution >= 0.6 is 0 Å². The Hall–Kier alpha value is -2.76. The second-order valence-corrected chi connectivity index (χ2v) is 3.84. The fourth-order valence-corrected chi connectivity index (χ4v) is 1.66. The van der Waals surface area contributed by atoms with Crippen molar-refractivity contribution in [1.29, 1.82) is 0 Å². The molecule has 2 heterocycles. The zero-order valence-electron chi connectivity index (χ0n) is 10.3. The van der Waals surface area contributed by atoms with Crippen LogP contribution in [0.1, 0.15) is 0 Å². The van der Waals surface area contributed by atoms with E-state index in [1.807, 2.05) is 36.4 Å². The quantitative estimate of drug-likeness (QED) is 0.711. The van der Waals surface area contributed by atoms with Gasteiger partial charge in [0.15, 0.2) is 0 Å². The summed E-state index contributed by atoms with van der Waals surface area (Å²) in [5.74, 6) is 1.36. The molecule has 0 aliphatic carbocycles. The van der Waals surface area contributed by atoms with E-state index in [-0.39, 0.29) is 0 Å². The molecule has 94 valence electrons. The predicted molar refractivity (Wildman–Crippen MR) is 68.9 cm³/mol. The Morgan fingerprint density at radius 3 is 2.42 bits per heavy atom. The number of pyridine rings is 1. The Morgan fingerprint density at radius 1 is 1.00 bits per heavy atom. The average molecular weight is 253 g/mol. The van der Waals surface area contributed by atoms with E-state index in [9.17, 15) is 0 Å². The number of nitrogens with zero attached hydrogens (tertiary/aromatic N) is 5. The monoisotopic (exact) mass is 253 g/mol. The van der Waals surface area contributed by atoms with Crippen LogP contribution in [0.5, 0.6) is 5.75 Å². The first kappa shape index (κ1) is 11.3. The summed E-state index contributed by atoms with van der Waals surface area (Å²) < 4.78 is 5.11. The maximum atomic E-state index is 5.11. The molecule has 0 N–H and O–H groups in total. The summed E-state index contributed by atoms with van der Waals surface area (Å²) in [6.45, 7) is 0. The van der Waals surface area contributed by atoms with Crippen LogP contribution in [0.2, 0.25) is 0 Å². The summed E-state index contributed by atoms with van der Waals surface area (Å²) in [4.78, 5) is 5.44. The van der Waals surface area contributed by atoms with E-state index in [2.05, 4.69) is 20.4 Å². The van der Waals surface area contributed by atoms with Crippen LogP contribution in [0.25, 0.3) is 17.1 Å². The van der Waals surface area contributed by atoms with Gasteiger partial charge in [-0.2, -0.15) is 0 Å². The van der Waals surface area contributed by atoms with Crippen molar-refractivity contribution in [3.05, 3.63) is 48.8 Å². The molecular formula is C13H11N5O. The van der Waals surface area contributed by atoms with Crippen molar-refractivity contribution in [2.45, 2.75) is 0 Å². The molecule has 0 saturated heterocycles. The highest BCUT2D eigenvalue weighted by Crippen LogP contribution is 2.15. The number of rotatable bonds is 3. The summed E-state index contributed by atoms with van der Waals surface area (Å²) in [5.41, 5.74) is 1.71. The molecule has 0 saturated carbocycles. The highest BCUT2D eigenvalue weighted by Gasteiger charge is 2.06. The minimum Gasteiger partial charge on any atom is -0.497 e. The predicted octanol–water partition coefficient (Wildman–Crippen LogP) is 1.73. The van der Waals surface area contributed by atoms with Crippen molar-refractivity contribution in [2.24, 2.45) is 0 Å². The third-order valence-corrected chi connectivity index (χ3v) is 2.66. The van der Waals surface area contributed by atoms with Crippen LogP contribution in [0.15, 0.2) is 48.8 Å². The summed E-state index contributed by atoms with van der Waals surface area (Å²) >= 11 is 0. The standard InChI is InChI=1S/C13H11N5O/c1-19-12-4-2-11(3-5-12)18-16-13(15-17-18)10-6-8-14-9-7-10/h2-9H,1H3. The summed E-state index contributed by atoms with van der Waals surface area (Å²) in [6, 6.07) is 11.1. The third-order valence-electron chi connectivity index (χ3n) is 2.66. The van der Waals surface area contributed by atoms with Crippen LogP contribution in [0, 0.1) is 0 Å². The fraction of sp³-hybridized carbons (Fsp3) is 0.0769. The van der Waals surface area contributed by atoms with Gasteiger partial charge in [-0.3, -0.25) is 4.98 Å². The van der Waals surface area contributed by atoms with Crippen molar-refractivity contribution in [2.75, 3.05) is 7.11 Å². The van der Waals surface area contributed by atoms with E-state index in [1.165, 1.54) is 4.80 Å². The van der Waals surface area contributed by atoms with E-state index in [0.717, 1.165) is 17.0 Å². The second kappa shape index (κ2) is 4.85. The van der Waals surface area contributed by atoms with Gasteiger partial charge in [0.2, 0.25) is 5.82 Å². The lowest BCUT2D eigenvalue weighted by Crippen LogP contribution is -1.98. The molecule has 0 amide bonds. The minimum atomic E-state index is 0.568. The summed E-state index contributed by atoms with van der Waals surface area (Å²) in [6.07, 6.45) is 3.40. The summed E-state index contributed by atoms with van der Waals surface area (Å²) in [7, 11) is 1.63. The van der Waals surface area contributed by atoms with Gasteiger partial charge >= 0.3 is 0 Å². The second-order valence-electron chi connectivity index (χ2n) is 3.84. The lowest BCUT2D eigenvalue weighted by Gasteiger charge is -2.00. The largest absolute Gasteiger partial charge is 0.497 e. The molecule has 0 bridgehead atoms. The van der Waals surface area contributed by atoms with E-state index in [0.29, 0.717) is 5.82 Å². The van der Waals surface area contributed by atoms with Crippen molar-refractivity contribution in [1.82, 2.24) is 25.2 Å². The highest BCUT2D eigenvalue weighted by molar-refractivity contribution is 5.52. The van der Waals surface area contributed by atoms with Crippen molar-refractivity contribution in [3.63, 3.8) is 0 Å². The van der Waals surface area contributed by atoms with Gasteiger partial charge in [0.05, 0.1) is 12.8 Å². The number of hydrogen-bond donors (Lipinski definition) is 0. The van der Waals surface area contributed by atoms with Gasteiger partial charge in [-0.25, -0.2) is 0 Å². The fourth-order valence-electron chi connectivity index (χ4n) is 1.66. The third kappa shape index (κ3) is 2.28. The molecule has 2 aromatic heterocycles. The molecule has 6 nitrogen and oxygen atoms in total. The van der Waals surface area contributed by atoms with Gasteiger partial charge in [0, 0.05) is 18.0 Å². The number of ether oxygens (including phenoxy) is 1. The van der Waals surface area contributed by atoms with Gasteiger partial charge in [0.25, 0.3) is 0 Å². The Morgan fingerprint density at radius 2 is 1.74 bits per heavy atom. The number of tetrazole rings is 1. The molecule has 0 unspecified atom stereocenters. The van der Waals surface area contributed by atoms with Crippen molar-refractivity contribution >= 4 is 0 Å². The van der Waals surface area contributed by atoms with Crippen LogP contribution in [0.3, 0.4) is 0 Å². The molecule has 6 heteroatoms. The van der Waals surface area contributed by atoms with Gasteiger partial charge in [-0.1, -0.05) is 0 Å². The van der Waals surface area contributed by atoms with Crippen LogP contribution in [-0.2, 0) is 0 Å². The first-order chi connectivity index (χ1) is 9.36. The molecule has 3 rings (SSSR count). The number of hydrogen-bond acceptors (Lipinski definition) is 5. The zero-order valence-corrected chi connectivity index (χ0v) is 10.3. The minimum absolute atomic E-state index is 0.568. The zero-order chi connectivity index (χ0) is 13.1. The SMILES string of the molecule is COc1ccc(-n2nnc(-c3ccncc3)n2)cc1. The van der Waals surface area contributed by atoms with E-state index in [4.69, 9.17) is 4.74 Å². The molecule has 0 aliphatic rings. The topological polar surface area (TPSA) is 65.7 Å². The highest BCUT2D eigenvalue weighted by atomic mass is 16.5. The average Bonchev–Trinajstić information content (AvgIpc) is 2.98. The normalized spacial score (nSPS) is 10.4. The Bertz CT molecular complexity index is 663. The molecule has 1 aromatic carbocycles. The lowest BCUT2D eigenvalue weighted by molar-refractivity contribution is 0.414. The van der Waals surface area contributed by atoms with Crippen LogP contribution in [-0.4, -0.2) is 32.3 Å². The Balaban J connectivity index is 1.92. The van der Waals surface area contributed by atoms with E-state index in [1.54, 1.807) is 19.5 Å². The Kier molecular flexibility index (Phi) is 2.89. The molecular weight excluding hydrogens is 242 g/mol. The first-order valence-corrected chi connectivity index (χ1v) is 5.71. The molecule has 0 atom stereocenters. The van der Waals surface area contributed by atoms with Gasteiger partial charge < -0.3 is 4.74 Å². The number of benzene rings is 1. The van der Waals surface area contributed by atoms with Gasteiger partial charge in [-0.05, 0) is 41.6 Å². The molecule has 19 heavy (non-hydrogen) atoms. The van der Waals surface area contributed by atoms with Gasteiger partial charge in [-0.15, -0.1) is 15.0 Å².